The average molecular weight is 563 g/mol. The molecular formula is C27H18ClF3O8. The Bertz CT molecular complexity index is 1610. The van der Waals surface area contributed by atoms with Gasteiger partial charge in [-0.1, -0.05) is 11.6 Å². The Kier molecular flexibility index (Phi) is 7.11. The zero-order valence-corrected chi connectivity index (χ0v) is 20.9. The molecular weight excluding hydrogens is 545 g/mol. The van der Waals surface area contributed by atoms with Crippen molar-refractivity contribution in [2.45, 2.75) is 19.4 Å². The van der Waals surface area contributed by atoms with E-state index in [9.17, 15) is 22.8 Å². The van der Waals surface area contributed by atoms with Gasteiger partial charge in [-0.15, -0.1) is 0 Å². The van der Waals surface area contributed by atoms with Gasteiger partial charge in [0.05, 0.1) is 24.7 Å². The second-order valence-electron chi connectivity index (χ2n) is 8.32. The quantitative estimate of drug-likeness (QED) is 0.246. The van der Waals surface area contributed by atoms with E-state index in [-0.39, 0.29) is 41.4 Å². The maximum absolute atomic E-state index is 13.9. The largest absolute Gasteiger partial charge is 0.489 e. The normalized spacial score (nSPS) is 12.9. The van der Waals surface area contributed by atoms with Gasteiger partial charge in [-0.05, 0) is 48.5 Å². The first-order valence-electron chi connectivity index (χ1n) is 11.3. The van der Waals surface area contributed by atoms with E-state index in [2.05, 4.69) is 4.74 Å². The minimum absolute atomic E-state index is 0.0203. The Hall–Kier alpha value is -4.22. The zero-order chi connectivity index (χ0) is 27.7. The first kappa shape index (κ1) is 26.4. The molecule has 0 spiro atoms. The smallest absolute Gasteiger partial charge is 0.453 e. The molecule has 1 aliphatic heterocycles. The van der Waals surface area contributed by atoms with Gasteiger partial charge in [0.25, 0.3) is 5.76 Å². The van der Waals surface area contributed by atoms with Gasteiger partial charge in [-0.3, -0.25) is 4.79 Å². The molecule has 0 aliphatic carbocycles. The molecule has 3 aromatic carbocycles. The van der Waals surface area contributed by atoms with Crippen molar-refractivity contribution in [3.63, 3.8) is 0 Å². The van der Waals surface area contributed by atoms with Crippen molar-refractivity contribution in [3.05, 3.63) is 92.3 Å². The molecule has 39 heavy (non-hydrogen) atoms. The number of rotatable bonds is 6. The Morgan fingerprint density at radius 2 is 1.79 bits per heavy atom. The third-order valence-corrected chi connectivity index (χ3v) is 5.94. The fraction of sp³-hybridized carbons (Fsp3) is 0.185. The van der Waals surface area contributed by atoms with E-state index in [0.717, 1.165) is 5.56 Å². The van der Waals surface area contributed by atoms with Gasteiger partial charge in [0.2, 0.25) is 11.2 Å². The third kappa shape index (κ3) is 5.50. The zero-order valence-electron chi connectivity index (χ0n) is 20.1. The summed E-state index contributed by atoms with van der Waals surface area (Å²) in [6.45, 7) is 0.348. The van der Waals surface area contributed by atoms with Crippen molar-refractivity contribution in [1.82, 2.24) is 0 Å². The van der Waals surface area contributed by atoms with E-state index >= 15 is 0 Å². The van der Waals surface area contributed by atoms with Gasteiger partial charge in [0.15, 0.2) is 6.79 Å². The summed E-state index contributed by atoms with van der Waals surface area (Å²) < 4.78 is 73.3. The molecule has 0 N–H and O–H groups in total. The summed E-state index contributed by atoms with van der Waals surface area (Å²) in [4.78, 5) is 24.7. The monoisotopic (exact) mass is 562 g/mol. The number of halogens is 4. The lowest BCUT2D eigenvalue weighted by Gasteiger charge is -2.21. The highest BCUT2D eigenvalue weighted by Gasteiger charge is 2.40. The number of hydrogen-bond acceptors (Lipinski definition) is 8. The molecule has 2 heterocycles. The number of esters is 1. The van der Waals surface area contributed by atoms with Crippen LogP contribution in [-0.4, -0.2) is 19.9 Å². The number of carbonyl (C=O) groups is 1. The summed E-state index contributed by atoms with van der Waals surface area (Å²) in [5.74, 6) is -2.72. The molecule has 0 fully saturated rings. The number of fused-ring (bicyclic) bond motifs is 2. The second kappa shape index (κ2) is 10.5. The van der Waals surface area contributed by atoms with Crippen molar-refractivity contribution < 1.29 is 46.1 Å². The summed E-state index contributed by atoms with van der Waals surface area (Å²) in [6, 6.07) is 12.3. The molecule has 5 rings (SSSR count). The minimum atomic E-state index is -5.05. The van der Waals surface area contributed by atoms with Crippen molar-refractivity contribution in [3.8, 4) is 23.0 Å². The lowest BCUT2D eigenvalue weighted by molar-refractivity contribution is -0.154. The number of hydrogen-bond donors (Lipinski definition) is 0. The van der Waals surface area contributed by atoms with E-state index in [4.69, 9.17) is 35.0 Å². The van der Waals surface area contributed by atoms with Gasteiger partial charge < -0.3 is 28.1 Å². The molecule has 0 radical (unpaired) electrons. The van der Waals surface area contributed by atoms with Crippen molar-refractivity contribution >= 4 is 28.5 Å². The Labute approximate surface area is 223 Å². The molecule has 0 saturated carbocycles. The first-order valence-corrected chi connectivity index (χ1v) is 11.7. The van der Waals surface area contributed by atoms with Gasteiger partial charge in [0.1, 0.15) is 29.4 Å². The van der Waals surface area contributed by atoms with E-state index in [0.29, 0.717) is 22.9 Å². The van der Waals surface area contributed by atoms with Crippen LogP contribution >= 0.6 is 11.6 Å². The van der Waals surface area contributed by atoms with Crippen LogP contribution in [0, 0.1) is 0 Å². The number of carbonyl (C=O) groups excluding carboxylic acids is 1. The number of benzene rings is 3. The lowest BCUT2D eigenvalue weighted by Crippen LogP contribution is -2.15. The SMILES string of the molecule is COC(=O)c1ccc(Oc2c(C(F)(F)F)oc3cc(OCc4cc(Cl)cc5c4OCOC5)ccc3c2=O)cc1. The molecule has 1 aromatic heterocycles. The molecule has 12 heteroatoms. The highest BCUT2D eigenvalue weighted by atomic mass is 35.5. The first-order chi connectivity index (χ1) is 18.6. The molecule has 0 atom stereocenters. The summed E-state index contributed by atoms with van der Waals surface area (Å²) in [6.07, 6.45) is -5.05. The molecule has 4 aromatic rings. The van der Waals surface area contributed by atoms with E-state index in [1.807, 2.05) is 0 Å². The van der Waals surface area contributed by atoms with Crippen LogP contribution in [0.15, 0.2) is 63.8 Å². The van der Waals surface area contributed by atoms with Crippen LogP contribution in [0.2, 0.25) is 5.02 Å². The number of ether oxygens (including phenoxy) is 5. The van der Waals surface area contributed by atoms with E-state index in [1.165, 1.54) is 49.6 Å². The highest BCUT2D eigenvalue weighted by Crippen LogP contribution is 2.39. The summed E-state index contributed by atoms with van der Waals surface area (Å²) in [5, 5.41) is 0.283. The van der Waals surface area contributed by atoms with Crippen LogP contribution in [0.5, 0.6) is 23.0 Å². The van der Waals surface area contributed by atoms with Gasteiger partial charge >= 0.3 is 12.1 Å². The van der Waals surface area contributed by atoms with E-state index in [1.54, 1.807) is 12.1 Å². The fourth-order valence-corrected chi connectivity index (χ4v) is 4.21. The molecule has 0 amide bonds. The molecule has 8 nitrogen and oxygen atoms in total. The Balaban J connectivity index is 1.46. The average Bonchev–Trinajstić information content (AvgIpc) is 2.92. The summed E-state index contributed by atoms with van der Waals surface area (Å²) >= 11 is 6.16. The Morgan fingerprint density at radius 3 is 2.51 bits per heavy atom. The van der Waals surface area contributed by atoms with Crippen LogP contribution < -0.4 is 19.6 Å². The van der Waals surface area contributed by atoms with Crippen molar-refractivity contribution in [2.24, 2.45) is 0 Å². The maximum atomic E-state index is 13.9. The van der Waals surface area contributed by atoms with Crippen LogP contribution in [0.25, 0.3) is 11.0 Å². The molecule has 0 bridgehead atoms. The number of methoxy groups -OCH3 is 1. The predicted molar refractivity (Wildman–Crippen MR) is 131 cm³/mol. The Morgan fingerprint density at radius 1 is 1.05 bits per heavy atom. The van der Waals surface area contributed by atoms with Crippen LogP contribution in [0.3, 0.4) is 0 Å². The lowest BCUT2D eigenvalue weighted by atomic mass is 10.1. The molecule has 1 aliphatic rings. The van der Waals surface area contributed by atoms with Gasteiger partial charge in [0, 0.05) is 22.2 Å². The predicted octanol–water partition coefficient (Wildman–Crippen LogP) is 6.49. The molecule has 202 valence electrons. The molecule has 0 unspecified atom stereocenters. The minimum Gasteiger partial charge on any atom is -0.489 e. The van der Waals surface area contributed by atoms with Crippen LogP contribution in [0.1, 0.15) is 27.2 Å². The standard InChI is InChI=1S/C27H18ClF3O8/c1-34-26(33)14-2-4-18(5-3-14)38-24-22(32)20-7-6-19(10-21(20)39-25(24)27(29,30)31)36-12-16-9-17(28)8-15-11-35-13-37-23(15)16/h2-10H,11-13H2,1H3. The van der Waals surface area contributed by atoms with Gasteiger partial charge in [-0.25, -0.2) is 4.79 Å². The van der Waals surface area contributed by atoms with Crippen LogP contribution in [-0.2, 0) is 28.9 Å². The topological polar surface area (TPSA) is 93.4 Å². The number of alkyl halides is 3. The second-order valence-corrected chi connectivity index (χ2v) is 8.75. The summed E-state index contributed by atoms with van der Waals surface area (Å²) in [5.41, 5.74) is 0.108. The highest BCUT2D eigenvalue weighted by molar-refractivity contribution is 6.30. The maximum Gasteiger partial charge on any atom is 0.453 e. The summed E-state index contributed by atoms with van der Waals surface area (Å²) in [7, 11) is 1.19. The fourth-order valence-electron chi connectivity index (χ4n) is 3.95. The third-order valence-electron chi connectivity index (χ3n) is 5.72. The van der Waals surface area contributed by atoms with Gasteiger partial charge in [-0.2, -0.15) is 13.2 Å². The van der Waals surface area contributed by atoms with E-state index < -0.39 is 29.1 Å². The van der Waals surface area contributed by atoms with Crippen molar-refractivity contribution in [1.29, 1.82) is 0 Å². The van der Waals surface area contributed by atoms with Crippen molar-refractivity contribution in [2.75, 3.05) is 13.9 Å². The molecule has 0 saturated heterocycles. The van der Waals surface area contributed by atoms with Crippen LogP contribution in [0.4, 0.5) is 13.2 Å².